The van der Waals surface area contributed by atoms with E-state index in [0.29, 0.717) is 29.2 Å². The number of carbonyl (C=O) groups excluding carboxylic acids is 2. The van der Waals surface area contributed by atoms with Crippen LogP contribution in [0.15, 0.2) is 109 Å². The van der Waals surface area contributed by atoms with E-state index in [1.165, 1.54) is 4.90 Å². The van der Waals surface area contributed by atoms with E-state index in [-0.39, 0.29) is 17.7 Å². The normalized spacial score (nSPS) is 16.2. The van der Waals surface area contributed by atoms with Gasteiger partial charge in [-0.3, -0.25) is 9.59 Å². The van der Waals surface area contributed by atoms with Gasteiger partial charge in [0.15, 0.2) is 0 Å². The Bertz CT molecular complexity index is 1420. The average molecular weight is 547 g/mol. The largest absolute Gasteiger partial charge is 0.494 e. The second-order valence-corrected chi connectivity index (χ2v) is 10.8. The van der Waals surface area contributed by atoms with Gasteiger partial charge in [0.1, 0.15) is 11.4 Å². The Balaban J connectivity index is 0.997. The van der Waals surface area contributed by atoms with Crippen molar-refractivity contribution in [2.24, 2.45) is 5.92 Å². The van der Waals surface area contributed by atoms with Crippen LogP contribution in [0.1, 0.15) is 51.1 Å². The summed E-state index contributed by atoms with van der Waals surface area (Å²) in [6, 6.07) is 34.1. The Hall–Kier alpha value is -4.26. The summed E-state index contributed by atoms with van der Waals surface area (Å²) >= 11 is 0. The Morgan fingerprint density at radius 1 is 0.707 bits per heavy atom. The van der Waals surface area contributed by atoms with Crippen molar-refractivity contribution in [3.05, 3.63) is 131 Å². The van der Waals surface area contributed by atoms with Gasteiger partial charge in [0.05, 0.1) is 23.4 Å². The first kappa shape index (κ1) is 26.9. The lowest BCUT2D eigenvalue weighted by Crippen LogP contribution is -2.44. The molecule has 2 aliphatic heterocycles. The zero-order valence-corrected chi connectivity index (χ0v) is 23.0. The van der Waals surface area contributed by atoms with Crippen molar-refractivity contribution in [3.8, 4) is 5.75 Å². The number of amides is 2. The van der Waals surface area contributed by atoms with Crippen molar-refractivity contribution < 1.29 is 19.4 Å². The molecule has 0 atom stereocenters. The Morgan fingerprint density at radius 3 is 1.76 bits per heavy atom. The molecule has 1 fully saturated rings. The molecule has 0 aromatic heterocycles. The Labute approximate surface area is 240 Å². The van der Waals surface area contributed by atoms with Gasteiger partial charge >= 0.3 is 0 Å². The van der Waals surface area contributed by atoms with Gasteiger partial charge in [-0.15, -0.1) is 0 Å². The summed E-state index contributed by atoms with van der Waals surface area (Å²) in [7, 11) is 0. The summed E-state index contributed by atoms with van der Waals surface area (Å²) in [6.45, 7) is 3.36. The molecule has 2 heterocycles. The monoisotopic (exact) mass is 546 g/mol. The molecular weight excluding hydrogens is 512 g/mol. The van der Waals surface area contributed by atoms with Crippen LogP contribution in [-0.4, -0.2) is 48.1 Å². The van der Waals surface area contributed by atoms with E-state index in [2.05, 4.69) is 4.90 Å². The van der Waals surface area contributed by atoms with E-state index < -0.39 is 5.60 Å². The number of anilines is 1. The van der Waals surface area contributed by atoms with E-state index in [1.54, 1.807) is 48.5 Å². The van der Waals surface area contributed by atoms with Crippen LogP contribution in [0, 0.1) is 5.92 Å². The van der Waals surface area contributed by atoms with Crippen molar-refractivity contribution in [1.82, 2.24) is 4.90 Å². The van der Waals surface area contributed by atoms with Crippen LogP contribution in [0.2, 0.25) is 0 Å². The highest BCUT2D eigenvalue weighted by molar-refractivity contribution is 6.34. The molecule has 0 saturated carbocycles. The molecule has 0 unspecified atom stereocenters. The van der Waals surface area contributed by atoms with Crippen LogP contribution in [0.4, 0.5) is 5.69 Å². The van der Waals surface area contributed by atoms with Crippen LogP contribution in [0.3, 0.4) is 0 Å². The molecule has 208 valence electrons. The Kier molecular flexibility index (Phi) is 7.68. The Morgan fingerprint density at radius 2 is 1.22 bits per heavy atom. The van der Waals surface area contributed by atoms with Crippen LogP contribution < -0.4 is 9.64 Å². The number of piperidine rings is 1. The zero-order valence-electron chi connectivity index (χ0n) is 23.0. The number of hydrogen-bond donors (Lipinski definition) is 1. The number of aliphatic hydroxyl groups is 1. The number of carbonyl (C=O) groups is 2. The average Bonchev–Trinajstić information content (AvgIpc) is 3.29. The molecule has 6 heteroatoms. The van der Waals surface area contributed by atoms with E-state index in [1.807, 2.05) is 60.7 Å². The third kappa shape index (κ3) is 5.29. The molecule has 2 amide bonds. The van der Waals surface area contributed by atoms with Gasteiger partial charge in [-0.05, 0) is 85.8 Å². The van der Waals surface area contributed by atoms with Gasteiger partial charge in [-0.25, -0.2) is 4.90 Å². The molecule has 0 aliphatic carbocycles. The summed E-state index contributed by atoms with van der Waals surface area (Å²) < 4.78 is 5.97. The van der Waals surface area contributed by atoms with Crippen LogP contribution in [0.25, 0.3) is 0 Å². The predicted molar refractivity (Wildman–Crippen MR) is 159 cm³/mol. The SMILES string of the molecule is O=C1c2ccccc2C(=O)N1c1ccc(OCCCN2CCC(C(O)(c3ccccc3)c3ccccc3)CC2)cc1. The van der Waals surface area contributed by atoms with Gasteiger partial charge in [-0.1, -0.05) is 72.8 Å². The minimum atomic E-state index is -1.00. The maximum atomic E-state index is 12.7. The van der Waals surface area contributed by atoms with Gasteiger partial charge in [-0.2, -0.15) is 0 Å². The summed E-state index contributed by atoms with van der Waals surface area (Å²) in [5, 5.41) is 12.1. The summed E-state index contributed by atoms with van der Waals surface area (Å²) in [5.74, 6) is 0.253. The first-order valence-electron chi connectivity index (χ1n) is 14.3. The molecule has 2 aliphatic rings. The molecule has 0 spiro atoms. The van der Waals surface area contributed by atoms with E-state index in [0.717, 1.165) is 50.0 Å². The number of hydrogen-bond acceptors (Lipinski definition) is 5. The van der Waals surface area contributed by atoms with E-state index >= 15 is 0 Å². The number of imide groups is 1. The van der Waals surface area contributed by atoms with E-state index in [4.69, 9.17) is 4.74 Å². The molecule has 0 radical (unpaired) electrons. The molecule has 6 rings (SSSR count). The summed E-state index contributed by atoms with van der Waals surface area (Å²) in [5.41, 5.74) is 2.31. The quantitative estimate of drug-likeness (QED) is 0.209. The second kappa shape index (κ2) is 11.7. The maximum Gasteiger partial charge on any atom is 0.266 e. The van der Waals surface area contributed by atoms with Crippen molar-refractivity contribution in [3.63, 3.8) is 0 Å². The molecule has 0 bridgehead atoms. The predicted octanol–water partition coefficient (Wildman–Crippen LogP) is 5.90. The standard InChI is InChI=1S/C35H34N2O4/c38-33-31-14-7-8-15-32(31)34(39)37(33)29-16-18-30(19-17-29)41-25-9-22-36-23-20-28(21-24-36)35(40,26-10-3-1-4-11-26)27-12-5-2-6-13-27/h1-8,10-19,28,40H,9,20-25H2. The highest BCUT2D eigenvalue weighted by Crippen LogP contribution is 2.42. The highest BCUT2D eigenvalue weighted by Gasteiger charge is 2.41. The molecular formula is C35H34N2O4. The van der Waals surface area contributed by atoms with Gasteiger partial charge in [0, 0.05) is 6.54 Å². The first-order valence-corrected chi connectivity index (χ1v) is 14.3. The lowest BCUT2D eigenvalue weighted by atomic mass is 9.72. The topological polar surface area (TPSA) is 70.1 Å². The van der Waals surface area contributed by atoms with Crippen LogP contribution >= 0.6 is 0 Å². The van der Waals surface area contributed by atoms with Gasteiger partial charge in [0.25, 0.3) is 11.8 Å². The van der Waals surface area contributed by atoms with Crippen LogP contribution in [0.5, 0.6) is 5.75 Å². The van der Waals surface area contributed by atoms with Crippen LogP contribution in [-0.2, 0) is 5.60 Å². The fraction of sp³-hybridized carbons (Fsp3) is 0.257. The molecule has 6 nitrogen and oxygen atoms in total. The number of likely N-dealkylation sites (tertiary alicyclic amines) is 1. The molecule has 4 aromatic carbocycles. The van der Waals surface area contributed by atoms with Crippen molar-refractivity contribution in [2.75, 3.05) is 31.1 Å². The number of benzene rings is 4. The minimum absolute atomic E-state index is 0.139. The third-order valence-electron chi connectivity index (χ3n) is 8.38. The highest BCUT2D eigenvalue weighted by atomic mass is 16.5. The zero-order chi connectivity index (χ0) is 28.2. The minimum Gasteiger partial charge on any atom is -0.494 e. The summed E-state index contributed by atoms with van der Waals surface area (Å²) in [4.78, 5) is 29.1. The second-order valence-electron chi connectivity index (χ2n) is 10.8. The number of ether oxygens (including phenoxy) is 1. The van der Waals surface area contributed by atoms with Gasteiger partial charge in [0.2, 0.25) is 0 Å². The lowest BCUT2D eigenvalue weighted by molar-refractivity contribution is -0.0146. The van der Waals surface area contributed by atoms with E-state index in [9.17, 15) is 14.7 Å². The first-order chi connectivity index (χ1) is 20.1. The lowest BCUT2D eigenvalue weighted by Gasteiger charge is -2.42. The number of fused-ring (bicyclic) bond motifs is 1. The fourth-order valence-electron chi connectivity index (χ4n) is 6.19. The molecule has 41 heavy (non-hydrogen) atoms. The van der Waals surface area contributed by atoms with Crippen molar-refractivity contribution >= 4 is 17.5 Å². The number of nitrogens with zero attached hydrogens (tertiary/aromatic N) is 2. The smallest absolute Gasteiger partial charge is 0.266 e. The fourth-order valence-corrected chi connectivity index (χ4v) is 6.19. The number of rotatable bonds is 9. The van der Waals surface area contributed by atoms with Crippen molar-refractivity contribution in [1.29, 1.82) is 0 Å². The van der Waals surface area contributed by atoms with Gasteiger partial charge < -0.3 is 14.7 Å². The summed E-state index contributed by atoms with van der Waals surface area (Å²) in [6.07, 6.45) is 2.72. The molecule has 4 aromatic rings. The molecule has 1 N–H and O–H groups in total. The third-order valence-corrected chi connectivity index (χ3v) is 8.38. The van der Waals surface area contributed by atoms with Crippen molar-refractivity contribution in [2.45, 2.75) is 24.9 Å². The molecule has 1 saturated heterocycles. The maximum absolute atomic E-state index is 12.7.